The molecule has 0 spiro atoms. The van der Waals surface area contributed by atoms with Crippen LogP contribution in [0.15, 0.2) is 120 Å². The summed E-state index contributed by atoms with van der Waals surface area (Å²) < 4.78 is 8.20. The number of amides is 1. The van der Waals surface area contributed by atoms with Crippen molar-refractivity contribution in [1.29, 1.82) is 0 Å². The average Bonchev–Trinajstić information content (AvgIpc) is 3.64. The lowest BCUT2D eigenvalue weighted by molar-refractivity contribution is 0.102. The predicted molar refractivity (Wildman–Crippen MR) is 162 cm³/mol. The zero-order chi connectivity index (χ0) is 27.8. The van der Waals surface area contributed by atoms with Gasteiger partial charge in [0.25, 0.3) is 5.91 Å². The first-order valence-corrected chi connectivity index (χ1v) is 13.3. The molecule has 7 rings (SSSR count). The highest BCUT2D eigenvalue weighted by Gasteiger charge is 2.23. The molecule has 7 aromatic rings. The zero-order valence-electron chi connectivity index (χ0n) is 22.3. The molecule has 0 saturated heterocycles. The number of nitrogens with one attached hydrogen (secondary N) is 2. The quantitative estimate of drug-likeness (QED) is 0.226. The number of rotatable bonds is 7. The Morgan fingerprint density at radius 1 is 0.878 bits per heavy atom. The molecule has 0 fully saturated rings. The first-order valence-electron chi connectivity index (χ1n) is 13.3. The summed E-state index contributed by atoms with van der Waals surface area (Å²) in [4.78, 5) is 19.9. The normalized spacial score (nSPS) is 11.3. The maximum absolute atomic E-state index is 13.1. The van der Waals surface area contributed by atoms with Crippen molar-refractivity contribution in [3.8, 4) is 0 Å². The fraction of sp³-hybridized carbons (Fsp3) is 0.0606. The zero-order valence-corrected chi connectivity index (χ0v) is 22.3. The SMILES string of the molecule is CNCc1ccc(C(=O)Nc2cccc(N(c3cccc4c3oc3ccccc34)c3nccc4ccnn34)c2)cc1. The molecule has 0 atom stereocenters. The van der Waals surface area contributed by atoms with Gasteiger partial charge in [0.1, 0.15) is 5.58 Å². The van der Waals surface area contributed by atoms with E-state index in [0.29, 0.717) is 17.2 Å². The Labute approximate surface area is 235 Å². The molecule has 0 aliphatic rings. The van der Waals surface area contributed by atoms with Crippen LogP contribution in [-0.2, 0) is 6.54 Å². The summed E-state index contributed by atoms with van der Waals surface area (Å²) in [6.07, 6.45) is 3.51. The van der Waals surface area contributed by atoms with Gasteiger partial charge in [0, 0.05) is 34.8 Å². The summed E-state index contributed by atoms with van der Waals surface area (Å²) in [6, 6.07) is 33.2. The van der Waals surface area contributed by atoms with Crippen LogP contribution in [0.25, 0.3) is 27.5 Å². The molecule has 8 heteroatoms. The number of hydrogen-bond acceptors (Lipinski definition) is 6. The van der Waals surface area contributed by atoms with Crippen molar-refractivity contribution in [2.75, 3.05) is 17.3 Å². The van der Waals surface area contributed by atoms with E-state index in [4.69, 9.17) is 9.40 Å². The molecule has 0 aliphatic carbocycles. The highest BCUT2D eigenvalue weighted by atomic mass is 16.3. The molecular formula is C33H26N6O2. The van der Waals surface area contributed by atoms with E-state index in [1.807, 2.05) is 103 Å². The van der Waals surface area contributed by atoms with E-state index in [1.165, 1.54) is 0 Å². The van der Waals surface area contributed by atoms with Crippen molar-refractivity contribution < 1.29 is 9.21 Å². The first kappa shape index (κ1) is 24.6. The fourth-order valence-corrected chi connectivity index (χ4v) is 5.17. The Morgan fingerprint density at radius 3 is 2.56 bits per heavy atom. The Kier molecular flexibility index (Phi) is 6.14. The lowest BCUT2D eigenvalue weighted by Crippen LogP contribution is -2.17. The molecule has 3 heterocycles. The van der Waals surface area contributed by atoms with Crippen molar-refractivity contribution in [1.82, 2.24) is 19.9 Å². The van der Waals surface area contributed by atoms with E-state index < -0.39 is 0 Å². The lowest BCUT2D eigenvalue weighted by Gasteiger charge is -2.25. The fourth-order valence-electron chi connectivity index (χ4n) is 5.17. The van der Waals surface area contributed by atoms with Gasteiger partial charge in [0.2, 0.25) is 5.95 Å². The van der Waals surface area contributed by atoms with Crippen LogP contribution in [0.4, 0.5) is 23.0 Å². The molecule has 4 aromatic carbocycles. The lowest BCUT2D eigenvalue weighted by atomic mass is 10.1. The molecule has 200 valence electrons. The smallest absolute Gasteiger partial charge is 0.255 e. The number of carbonyl (C=O) groups is 1. The van der Waals surface area contributed by atoms with Crippen molar-refractivity contribution in [2.24, 2.45) is 0 Å². The molecule has 0 saturated carbocycles. The summed E-state index contributed by atoms with van der Waals surface area (Å²) in [6.45, 7) is 0.745. The van der Waals surface area contributed by atoms with Crippen LogP contribution in [0.5, 0.6) is 0 Å². The van der Waals surface area contributed by atoms with Crippen LogP contribution in [0, 0.1) is 0 Å². The van der Waals surface area contributed by atoms with Crippen LogP contribution in [0.1, 0.15) is 15.9 Å². The van der Waals surface area contributed by atoms with E-state index >= 15 is 0 Å². The van der Waals surface area contributed by atoms with Gasteiger partial charge in [0.05, 0.1) is 23.1 Å². The highest BCUT2D eigenvalue weighted by Crippen LogP contribution is 2.41. The number of aromatic nitrogens is 3. The maximum Gasteiger partial charge on any atom is 0.255 e. The number of para-hydroxylation sites is 2. The van der Waals surface area contributed by atoms with Crippen LogP contribution >= 0.6 is 0 Å². The Balaban J connectivity index is 1.34. The van der Waals surface area contributed by atoms with Crippen LogP contribution in [-0.4, -0.2) is 27.6 Å². The van der Waals surface area contributed by atoms with E-state index in [2.05, 4.69) is 27.9 Å². The van der Waals surface area contributed by atoms with Gasteiger partial charge in [-0.3, -0.25) is 9.69 Å². The Bertz CT molecular complexity index is 2030. The second-order valence-electron chi connectivity index (χ2n) is 9.73. The maximum atomic E-state index is 13.1. The van der Waals surface area contributed by atoms with Gasteiger partial charge in [0.15, 0.2) is 5.58 Å². The molecule has 0 aliphatic heterocycles. The van der Waals surface area contributed by atoms with E-state index in [-0.39, 0.29) is 5.91 Å². The Hall–Kier alpha value is -5.47. The molecule has 0 radical (unpaired) electrons. The molecule has 2 N–H and O–H groups in total. The van der Waals surface area contributed by atoms with Gasteiger partial charge in [-0.05, 0) is 67.2 Å². The minimum absolute atomic E-state index is 0.184. The first-order chi connectivity index (χ1) is 20.2. The highest BCUT2D eigenvalue weighted by molar-refractivity contribution is 6.10. The third kappa shape index (κ3) is 4.46. The average molecular weight is 539 g/mol. The molecule has 41 heavy (non-hydrogen) atoms. The minimum Gasteiger partial charge on any atom is -0.454 e. The summed E-state index contributed by atoms with van der Waals surface area (Å²) in [5.74, 6) is 0.403. The largest absolute Gasteiger partial charge is 0.454 e. The van der Waals surface area contributed by atoms with Crippen molar-refractivity contribution in [2.45, 2.75) is 6.54 Å². The van der Waals surface area contributed by atoms with Crippen LogP contribution < -0.4 is 15.5 Å². The standard InChI is InChI=1S/C33H26N6O2/c1-34-21-22-12-14-23(15-13-22)32(40)37-24-6-4-7-26(20-24)38(33-35-18-16-25-17-19-36-39(25)33)29-10-5-9-28-27-8-2-3-11-30(27)41-31(28)29/h2-20,34H,21H2,1H3,(H,37,40). The third-order valence-corrected chi connectivity index (χ3v) is 7.08. The summed E-state index contributed by atoms with van der Waals surface area (Å²) >= 11 is 0. The van der Waals surface area contributed by atoms with E-state index in [1.54, 1.807) is 16.9 Å². The van der Waals surface area contributed by atoms with Crippen molar-refractivity contribution >= 4 is 56.4 Å². The number of hydrogen-bond donors (Lipinski definition) is 2. The van der Waals surface area contributed by atoms with Gasteiger partial charge in [-0.2, -0.15) is 9.61 Å². The molecular weight excluding hydrogens is 512 g/mol. The van der Waals surface area contributed by atoms with Gasteiger partial charge >= 0.3 is 0 Å². The summed E-state index contributed by atoms with van der Waals surface area (Å²) in [5, 5.41) is 12.8. The van der Waals surface area contributed by atoms with Crippen LogP contribution in [0.3, 0.4) is 0 Å². The molecule has 8 nitrogen and oxygen atoms in total. The predicted octanol–water partition coefficient (Wildman–Crippen LogP) is 7.07. The number of benzene rings is 4. The Morgan fingerprint density at radius 2 is 1.68 bits per heavy atom. The third-order valence-electron chi connectivity index (χ3n) is 7.08. The van der Waals surface area contributed by atoms with Crippen molar-refractivity contribution in [3.63, 3.8) is 0 Å². The van der Waals surface area contributed by atoms with E-state index in [9.17, 15) is 4.79 Å². The summed E-state index contributed by atoms with van der Waals surface area (Å²) in [5.41, 5.74) is 6.39. The van der Waals surface area contributed by atoms with Gasteiger partial charge in [-0.25, -0.2) is 4.98 Å². The summed E-state index contributed by atoms with van der Waals surface area (Å²) in [7, 11) is 1.90. The molecule has 0 bridgehead atoms. The topological polar surface area (TPSA) is 87.7 Å². The second kappa shape index (κ2) is 10.3. The monoisotopic (exact) mass is 538 g/mol. The van der Waals surface area contributed by atoms with E-state index in [0.717, 1.165) is 50.9 Å². The molecule has 1 amide bonds. The molecule has 3 aromatic heterocycles. The van der Waals surface area contributed by atoms with Gasteiger partial charge in [-0.1, -0.05) is 48.5 Å². The van der Waals surface area contributed by atoms with Crippen molar-refractivity contribution in [3.05, 3.63) is 127 Å². The number of carbonyl (C=O) groups excluding carboxylic acids is 1. The number of nitrogens with zero attached hydrogens (tertiary/aromatic N) is 4. The number of furan rings is 1. The number of fused-ring (bicyclic) bond motifs is 4. The van der Waals surface area contributed by atoms with Crippen LogP contribution in [0.2, 0.25) is 0 Å². The minimum atomic E-state index is -0.184. The second-order valence-corrected chi connectivity index (χ2v) is 9.73. The van der Waals surface area contributed by atoms with Gasteiger partial charge < -0.3 is 15.1 Å². The number of anilines is 4. The molecule has 0 unspecified atom stereocenters. The van der Waals surface area contributed by atoms with Gasteiger partial charge in [-0.15, -0.1) is 0 Å².